The molecule has 0 N–H and O–H groups in total. The van der Waals surface area contributed by atoms with Gasteiger partial charge in [-0.2, -0.15) is 13.2 Å². The molecule has 0 heterocycles. The van der Waals surface area contributed by atoms with Gasteiger partial charge in [-0.1, -0.05) is 12.1 Å². The summed E-state index contributed by atoms with van der Waals surface area (Å²) in [6, 6.07) is 6.81. The molecule has 0 aliphatic rings. The smallest absolute Gasteiger partial charge is 0.422 e. The first kappa shape index (κ1) is 13.3. The summed E-state index contributed by atoms with van der Waals surface area (Å²) in [4.78, 5) is 12.3. The molecule has 0 aromatic heterocycles. The number of amides is 1. The highest BCUT2D eigenvalue weighted by Crippen LogP contribution is 2.18. The fraction of sp³-hybridized carbons (Fsp3) is 0.364. The van der Waals surface area contributed by atoms with Gasteiger partial charge in [-0.3, -0.25) is 4.90 Å². The lowest BCUT2D eigenvalue weighted by atomic mass is 10.2. The molecule has 1 aromatic carbocycles. The summed E-state index contributed by atoms with van der Waals surface area (Å²) < 4.78 is 39.7. The van der Waals surface area contributed by atoms with Crippen LogP contribution in [0.1, 0.15) is 5.56 Å². The molecule has 0 atom stereocenters. The number of aryl methyl sites for hydroxylation is 1. The molecular formula is C11H12F3NO2. The van der Waals surface area contributed by atoms with Crippen LogP contribution in [0, 0.1) is 6.92 Å². The van der Waals surface area contributed by atoms with Gasteiger partial charge in [0.2, 0.25) is 0 Å². The molecule has 3 nitrogen and oxygen atoms in total. The number of anilines is 1. The molecule has 0 saturated carbocycles. The van der Waals surface area contributed by atoms with Gasteiger partial charge < -0.3 is 4.74 Å². The predicted molar refractivity (Wildman–Crippen MR) is 57.0 cm³/mol. The van der Waals surface area contributed by atoms with Crippen LogP contribution in [0.5, 0.6) is 0 Å². The third-order valence-corrected chi connectivity index (χ3v) is 2.02. The number of carbonyl (C=O) groups is 1. The monoisotopic (exact) mass is 247 g/mol. The first-order valence-electron chi connectivity index (χ1n) is 4.83. The molecule has 0 aliphatic carbocycles. The second-order valence-corrected chi connectivity index (χ2v) is 3.57. The molecule has 0 saturated heterocycles. The van der Waals surface area contributed by atoms with Gasteiger partial charge in [-0.15, -0.1) is 0 Å². The van der Waals surface area contributed by atoms with Crippen molar-refractivity contribution in [2.45, 2.75) is 13.1 Å². The van der Waals surface area contributed by atoms with Crippen LogP contribution < -0.4 is 4.90 Å². The molecule has 0 radical (unpaired) electrons. The summed E-state index contributed by atoms with van der Waals surface area (Å²) >= 11 is 0. The molecule has 6 heteroatoms. The van der Waals surface area contributed by atoms with E-state index in [2.05, 4.69) is 4.74 Å². The largest absolute Gasteiger partial charge is 0.440 e. The van der Waals surface area contributed by atoms with Gasteiger partial charge >= 0.3 is 12.3 Å². The van der Waals surface area contributed by atoms with Crippen molar-refractivity contribution in [3.8, 4) is 0 Å². The van der Waals surface area contributed by atoms with Crippen LogP contribution in [0.15, 0.2) is 24.3 Å². The molecule has 0 spiro atoms. The van der Waals surface area contributed by atoms with E-state index in [0.29, 0.717) is 5.69 Å². The van der Waals surface area contributed by atoms with Crippen molar-refractivity contribution in [1.29, 1.82) is 0 Å². The van der Waals surface area contributed by atoms with Crippen molar-refractivity contribution in [3.63, 3.8) is 0 Å². The molecule has 0 aliphatic heterocycles. The van der Waals surface area contributed by atoms with Gasteiger partial charge in [0.05, 0.1) is 0 Å². The molecule has 0 fully saturated rings. The average Bonchev–Trinajstić information content (AvgIpc) is 2.24. The molecule has 17 heavy (non-hydrogen) atoms. The molecule has 1 aromatic rings. The van der Waals surface area contributed by atoms with Crippen molar-refractivity contribution >= 4 is 11.8 Å². The van der Waals surface area contributed by atoms with E-state index in [0.717, 1.165) is 10.5 Å². The van der Waals surface area contributed by atoms with Crippen molar-refractivity contribution in [2.75, 3.05) is 18.6 Å². The molecule has 1 rings (SSSR count). The van der Waals surface area contributed by atoms with Crippen LogP contribution in [0.4, 0.5) is 23.7 Å². The maximum atomic E-state index is 11.9. The lowest BCUT2D eigenvalue weighted by molar-refractivity contribution is -0.159. The standard InChI is InChI=1S/C11H12F3NO2/c1-8-4-3-5-9(6-8)15(2)10(16)17-7-11(12,13)14/h3-6H,7H2,1-2H3. The molecular weight excluding hydrogens is 235 g/mol. The molecule has 1 amide bonds. The fourth-order valence-corrected chi connectivity index (χ4v) is 1.18. The Morgan fingerprint density at radius 3 is 2.59 bits per heavy atom. The Labute approximate surface area is 96.8 Å². The first-order valence-corrected chi connectivity index (χ1v) is 4.83. The highest BCUT2D eigenvalue weighted by molar-refractivity contribution is 5.87. The van der Waals surface area contributed by atoms with Crippen LogP contribution in [0.2, 0.25) is 0 Å². The lowest BCUT2D eigenvalue weighted by Crippen LogP contribution is -2.30. The molecule has 0 bridgehead atoms. The molecule has 0 unspecified atom stereocenters. The van der Waals surface area contributed by atoms with E-state index in [1.54, 1.807) is 18.2 Å². The van der Waals surface area contributed by atoms with Gasteiger partial charge in [0.1, 0.15) is 0 Å². The van der Waals surface area contributed by atoms with Crippen LogP contribution in [-0.2, 0) is 4.74 Å². The highest BCUT2D eigenvalue weighted by atomic mass is 19.4. The quantitative estimate of drug-likeness (QED) is 0.803. The Morgan fingerprint density at radius 2 is 2.06 bits per heavy atom. The lowest BCUT2D eigenvalue weighted by Gasteiger charge is -2.18. The zero-order chi connectivity index (χ0) is 13.1. The number of benzene rings is 1. The Balaban J connectivity index is 2.64. The number of halogens is 3. The number of carbonyl (C=O) groups excluding carboxylic acids is 1. The number of hydrogen-bond donors (Lipinski definition) is 0. The SMILES string of the molecule is Cc1cccc(N(C)C(=O)OCC(F)(F)F)c1. The Morgan fingerprint density at radius 1 is 1.41 bits per heavy atom. The fourth-order valence-electron chi connectivity index (χ4n) is 1.18. The summed E-state index contributed by atoms with van der Waals surface area (Å²) in [5, 5.41) is 0. The summed E-state index contributed by atoms with van der Waals surface area (Å²) in [6.45, 7) is 0.236. The van der Waals surface area contributed by atoms with Crippen molar-refractivity contribution in [1.82, 2.24) is 0 Å². The zero-order valence-corrected chi connectivity index (χ0v) is 9.41. The van der Waals surface area contributed by atoms with Gasteiger partial charge in [0, 0.05) is 12.7 Å². The normalized spacial score (nSPS) is 11.1. The minimum Gasteiger partial charge on any atom is -0.440 e. The van der Waals surface area contributed by atoms with E-state index in [9.17, 15) is 18.0 Å². The van der Waals surface area contributed by atoms with Gasteiger partial charge in [0.25, 0.3) is 0 Å². The van der Waals surface area contributed by atoms with E-state index in [-0.39, 0.29) is 0 Å². The van der Waals surface area contributed by atoms with Gasteiger partial charge in [-0.25, -0.2) is 4.79 Å². The summed E-state index contributed by atoms with van der Waals surface area (Å²) in [5.41, 5.74) is 1.38. The van der Waals surface area contributed by atoms with Gasteiger partial charge in [-0.05, 0) is 24.6 Å². The Kier molecular flexibility index (Phi) is 3.98. The van der Waals surface area contributed by atoms with E-state index < -0.39 is 18.9 Å². The number of alkyl halides is 3. The first-order chi connectivity index (χ1) is 7.79. The van der Waals surface area contributed by atoms with Crippen molar-refractivity contribution in [3.05, 3.63) is 29.8 Å². The van der Waals surface area contributed by atoms with Crippen molar-refractivity contribution in [2.24, 2.45) is 0 Å². The summed E-state index contributed by atoms with van der Waals surface area (Å²) in [7, 11) is 1.35. The average molecular weight is 247 g/mol. The number of hydrogen-bond acceptors (Lipinski definition) is 2. The molecule has 94 valence electrons. The number of rotatable bonds is 2. The second kappa shape index (κ2) is 5.07. The zero-order valence-electron chi connectivity index (χ0n) is 9.41. The van der Waals surface area contributed by atoms with E-state index in [4.69, 9.17) is 0 Å². The van der Waals surface area contributed by atoms with E-state index >= 15 is 0 Å². The van der Waals surface area contributed by atoms with Crippen LogP contribution in [0.25, 0.3) is 0 Å². The Bertz CT molecular complexity index is 404. The topological polar surface area (TPSA) is 29.5 Å². The number of ether oxygens (including phenoxy) is 1. The van der Waals surface area contributed by atoms with Crippen LogP contribution in [-0.4, -0.2) is 25.9 Å². The van der Waals surface area contributed by atoms with E-state index in [1.165, 1.54) is 7.05 Å². The second-order valence-electron chi connectivity index (χ2n) is 3.57. The van der Waals surface area contributed by atoms with Crippen molar-refractivity contribution < 1.29 is 22.7 Å². The third kappa shape index (κ3) is 4.34. The third-order valence-electron chi connectivity index (χ3n) is 2.02. The maximum Gasteiger partial charge on any atom is 0.422 e. The Hall–Kier alpha value is -1.72. The van der Waals surface area contributed by atoms with Crippen LogP contribution in [0.3, 0.4) is 0 Å². The predicted octanol–water partition coefficient (Wildman–Crippen LogP) is 3.13. The maximum absolute atomic E-state index is 11.9. The number of nitrogens with zero attached hydrogens (tertiary/aromatic N) is 1. The van der Waals surface area contributed by atoms with Crippen LogP contribution >= 0.6 is 0 Å². The summed E-state index contributed by atoms with van der Waals surface area (Å²) in [6.07, 6.45) is -5.55. The minimum atomic E-state index is -4.51. The van der Waals surface area contributed by atoms with E-state index in [1.807, 2.05) is 13.0 Å². The van der Waals surface area contributed by atoms with Gasteiger partial charge in [0.15, 0.2) is 6.61 Å². The minimum absolute atomic E-state index is 0.483. The summed E-state index contributed by atoms with van der Waals surface area (Å²) in [5.74, 6) is 0. The highest BCUT2D eigenvalue weighted by Gasteiger charge is 2.30.